The van der Waals surface area contributed by atoms with E-state index >= 15 is 0 Å². The van der Waals surface area contributed by atoms with Gasteiger partial charge in [-0.15, -0.1) is 0 Å². The van der Waals surface area contributed by atoms with Crippen LogP contribution in [0.25, 0.3) is 0 Å². The second kappa shape index (κ2) is 8.77. The third kappa shape index (κ3) is 4.52. The van der Waals surface area contributed by atoms with Gasteiger partial charge >= 0.3 is 5.97 Å². The van der Waals surface area contributed by atoms with E-state index in [1.54, 1.807) is 0 Å². The summed E-state index contributed by atoms with van der Waals surface area (Å²) in [6.45, 7) is 7.58. The Labute approximate surface area is 126 Å². The van der Waals surface area contributed by atoms with Crippen LogP contribution in [0.5, 0.6) is 0 Å². The van der Waals surface area contributed by atoms with Gasteiger partial charge in [0, 0.05) is 20.2 Å². The molecule has 118 valence electrons. The van der Waals surface area contributed by atoms with E-state index in [1.807, 2.05) is 30.3 Å². The number of nitrogens with zero attached hydrogens (tertiary/aromatic N) is 1. The average Bonchev–Trinajstić information content (AvgIpc) is 2.51. The number of aliphatic carboxylic acids is 1. The van der Waals surface area contributed by atoms with Crippen LogP contribution in [0.3, 0.4) is 0 Å². The van der Waals surface area contributed by atoms with Crippen LogP contribution in [0.2, 0.25) is 0 Å². The van der Waals surface area contributed by atoms with Crippen molar-refractivity contribution in [2.75, 3.05) is 39.9 Å². The van der Waals surface area contributed by atoms with E-state index in [2.05, 4.69) is 24.1 Å². The molecule has 21 heavy (non-hydrogen) atoms. The van der Waals surface area contributed by atoms with E-state index in [-0.39, 0.29) is 6.61 Å². The zero-order valence-corrected chi connectivity index (χ0v) is 13.1. The summed E-state index contributed by atoms with van der Waals surface area (Å²) < 4.78 is 5.18. The largest absolute Gasteiger partial charge is 0.480 e. The van der Waals surface area contributed by atoms with Gasteiger partial charge in [0.15, 0.2) is 5.54 Å². The van der Waals surface area contributed by atoms with Crippen molar-refractivity contribution in [2.24, 2.45) is 0 Å². The number of benzene rings is 1. The summed E-state index contributed by atoms with van der Waals surface area (Å²) in [5.41, 5.74) is -0.498. The fourth-order valence-electron chi connectivity index (χ4n) is 2.40. The zero-order chi connectivity index (χ0) is 15.7. The third-order valence-corrected chi connectivity index (χ3v) is 3.74. The topological polar surface area (TPSA) is 61.8 Å². The van der Waals surface area contributed by atoms with Crippen molar-refractivity contribution in [3.8, 4) is 0 Å². The number of hydrogen-bond donors (Lipinski definition) is 2. The van der Waals surface area contributed by atoms with E-state index in [0.29, 0.717) is 12.1 Å². The molecule has 0 aliphatic heterocycles. The number of hydrogen-bond acceptors (Lipinski definition) is 4. The van der Waals surface area contributed by atoms with Crippen LogP contribution < -0.4 is 5.32 Å². The molecule has 0 fully saturated rings. The fraction of sp³-hybridized carbons (Fsp3) is 0.562. The lowest BCUT2D eigenvalue weighted by molar-refractivity contribution is -0.148. The zero-order valence-electron chi connectivity index (χ0n) is 13.1. The van der Waals surface area contributed by atoms with Gasteiger partial charge in [-0.1, -0.05) is 44.2 Å². The Morgan fingerprint density at radius 1 is 1.29 bits per heavy atom. The number of carboxylic acids is 1. The molecule has 0 aromatic heterocycles. The molecule has 0 aliphatic rings. The van der Waals surface area contributed by atoms with E-state index < -0.39 is 11.5 Å². The van der Waals surface area contributed by atoms with Gasteiger partial charge in [0.1, 0.15) is 0 Å². The Morgan fingerprint density at radius 2 is 1.90 bits per heavy atom. The molecule has 0 aliphatic carbocycles. The highest BCUT2D eigenvalue weighted by Gasteiger charge is 2.40. The molecule has 1 aromatic rings. The summed E-state index contributed by atoms with van der Waals surface area (Å²) in [6.07, 6.45) is 0. The monoisotopic (exact) mass is 294 g/mol. The van der Waals surface area contributed by atoms with Gasteiger partial charge in [0.25, 0.3) is 0 Å². The Hall–Kier alpha value is -1.43. The fourth-order valence-corrected chi connectivity index (χ4v) is 2.40. The highest BCUT2D eigenvalue weighted by molar-refractivity contribution is 5.81. The lowest BCUT2D eigenvalue weighted by Crippen LogP contribution is -2.54. The summed E-state index contributed by atoms with van der Waals surface area (Å²) in [5.74, 6) is -0.921. The average molecular weight is 294 g/mol. The molecule has 0 spiro atoms. The summed E-state index contributed by atoms with van der Waals surface area (Å²) in [4.78, 5) is 14.1. The first kappa shape index (κ1) is 17.6. The Kier molecular flexibility index (Phi) is 7.36. The quantitative estimate of drug-likeness (QED) is 0.685. The van der Waals surface area contributed by atoms with Gasteiger partial charge in [-0.25, -0.2) is 4.79 Å². The van der Waals surface area contributed by atoms with Crippen molar-refractivity contribution in [3.63, 3.8) is 0 Å². The van der Waals surface area contributed by atoms with E-state index in [1.165, 1.54) is 7.11 Å². The smallest absolute Gasteiger partial charge is 0.331 e. The molecule has 0 saturated heterocycles. The van der Waals surface area contributed by atoms with Gasteiger partial charge in [-0.05, 0) is 18.7 Å². The molecule has 2 N–H and O–H groups in total. The Morgan fingerprint density at radius 3 is 2.38 bits per heavy atom. The molecule has 1 aromatic carbocycles. The normalized spacial score (nSPS) is 14.1. The maximum atomic E-state index is 11.9. The number of carbonyl (C=O) groups is 1. The van der Waals surface area contributed by atoms with Crippen LogP contribution in [0, 0.1) is 0 Å². The van der Waals surface area contributed by atoms with Crippen molar-refractivity contribution in [1.82, 2.24) is 10.2 Å². The van der Waals surface area contributed by atoms with E-state index in [9.17, 15) is 9.90 Å². The molecule has 0 radical (unpaired) electrons. The molecule has 0 amide bonds. The molecule has 1 unspecified atom stereocenters. The molecule has 1 atom stereocenters. The molecular formula is C16H26N2O3. The van der Waals surface area contributed by atoms with E-state index in [0.717, 1.165) is 19.6 Å². The van der Waals surface area contributed by atoms with Gasteiger partial charge in [0.2, 0.25) is 0 Å². The number of methoxy groups -OCH3 is 1. The summed E-state index contributed by atoms with van der Waals surface area (Å²) >= 11 is 0. The van der Waals surface area contributed by atoms with Crippen molar-refractivity contribution < 1.29 is 14.6 Å². The Bertz CT molecular complexity index is 421. The predicted molar refractivity (Wildman–Crippen MR) is 83.4 cm³/mol. The van der Waals surface area contributed by atoms with Crippen molar-refractivity contribution in [3.05, 3.63) is 35.9 Å². The van der Waals surface area contributed by atoms with Crippen LogP contribution in [-0.4, -0.2) is 55.9 Å². The van der Waals surface area contributed by atoms with Crippen LogP contribution in [-0.2, 0) is 15.1 Å². The lowest BCUT2D eigenvalue weighted by Gasteiger charge is -2.31. The van der Waals surface area contributed by atoms with Gasteiger partial charge < -0.3 is 14.7 Å². The highest BCUT2D eigenvalue weighted by Crippen LogP contribution is 2.22. The number of ether oxygens (including phenoxy) is 1. The third-order valence-electron chi connectivity index (χ3n) is 3.74. The minimum Gasteiger partial charge on any atom is -0.480 e. The molecule has 0 heterocycles. The number of likely N-dealkylation sites (N-methyl/N-ethyl adjacent to an activating group) is 1. The SMILES string of the molecule is CCN(CC)CCNC(COC)(C(=O)O)c1ccccc1. The van der Waals surface area contributed by atoms with Gasteiger partial charge in [0.05, 0.1) is 6.61 Å². The molecular weight excluding hydrogens is 268 g/mol. The second-order valence-electron chi connectivity index (χ2n) is 4.96. The number of carboxylic acid groups (broad SMARTS) is 1. The molecule has 0 saturated carbocycles. The first-order chi connectivity index (χ1) is 10.1. The predicted octanol–water partition coefficient (Wildman–Crippen LogP) is 1.54. The summed E-state index contributed by atoms with van der Waals surface area (Å²) in [7, 11) is 1.52. The van der Waals surface area contributed by atoms with Crippen molar-refractivity contribution >= 4 is 5.97 Å². The second-order valence-corrected chi connectivity index (χ2v) is 4.96. The first-order valence-electron chi connectivity index (χ1n) is 7.36. The van der Waals surface area contributed by atoms with Crippen molar-refractivity contribution in [1.29, 1.82) is 0 Å². The van der Waals surface area contributed by atoms with Crippen LogP contribution in [0.15, 0.2) is 30.3 Å². The Balaban J connectivity index is 2.89. The maximum absolute atomic E-state index is 11.9. The van der Waals surface area contributed by atoms with E-state index in [4.69, 9.17) is 4.74 Å². The summed E-state index contributed by atoms with van der Waals surface area (Å²) in [6, 6.07) is 9.19. The minimum atomic E-state index is -1.21. The van der Waals surface area contributed by atoms with Gasteiger partial charge in [-0.2, -0.15) is 0 Å². The number of nitrogens with one attached hydrogen (secondary N) is 1. The molecule has 0 bridgehead atoms. The minimum absolute atomic E-state index is 0.0879. The van der Waals surface area contributed by atoms with Gasteiger partial charge in [-0.3, -0.25) is 5.32 Å². The standard InChI is InChI=1S/C16H26N2O3/c1-4-18(5-2)12-11-17-16(13-21-3,15(19)20)14-9-7-6-8-10-14/h6-10,17H,4-5,11-13H2,1-3H3,(H,19,20). The molecule has 5 heteroatoms. The highest BCUT2D eigenvalue weighted by atomic mass is 16.5. The maximum Gasteiger partial charge on any atom is 0.331 e. The lowest BCUT2D eigenvalue weighted by atomic mass is 9.90. The van der Waals surface area contributed by atoms with Crippen LogP contribution in [0.1, 0.15) is 19.4 Å². The number of rotatable bonds is 10. The first-order valence-corrected chi connectivity index (χ1v) is 7.36. The summed E-state index contributed by atoms with van der Waals surface area (Å²) in [5, 5.41) is 12.9. The van der Waals surface area contributed by atoms with Crippen LogP contribution >= 0.6 is 0 Å². The van der Waals surface area contributed by atoms with Crippen LogP contribution in [0.4, 0.5) is 0 Å². The molecule has 1 rings (SSSR count). The molecule has 5 nitrogen and oxygen atoms in total. The van der Waals surface area contributed by atoms with Crippen molar-refractivity contribution in [2.45, 2.75) is 19.4 Å².